The number of rotatable bonds is 8. The molecule has 6 nitrogen and oxygen atoms in total. The number of nitrogens with zero attached hydrogens (tertiary/aromatic N) is 1. The highest BCUT2D eigenvalue weighted by atomic mass is 16.5. The van der Waals surface area contributed by atoms with Gasteiger partial charge in [0, 0.05) is 25.1 Å². The van der Waals surface area contributed by atoms with Crippen LogP contribution in [0.15, 0.2) is 24.3 Å². The Bertz CT molecular complexity index is 463. The van der Waals surface area contributed by atoms with E-state index in [0.717, 1.165) is 12.0 Å². The molecule has 1 aromatic carbocycles. The van der Waals surface area contributed by atoms with Crippen molar-refractivity contribution in [2.75, 3.05) is 31.2 Å². The van der Waals surface area contributed by atoms with Crippen molar-refractivity contribution in [3.05, 3.63) is 29.8 Å². The third kappa shape index (κ3) is 6.56. The fraction of sp³-hybridized carbons (Fsp3) is 0.400. The molecule has 0 aliphatic heterocycles. The van der Waals surface area contributed by atoms with Gasteiger partial charge >= 0.3 is 11.9 Å². The molecule has 0 heterocycles. The molecule has 0 amide bonds. The number of aldehydes is 1. The molecule has 0 saturated heterocycles. The van der Waals surface area contributed by atoms with Crippen molar-refractivity contribution in [2.24, 2.45) is 0 Å². The summed E-state index contributed by atoms with van der Waals surface area (Å²) in [7, 11) is 0. The Kier molecular flexibility index (Phi) is 6.94. The topological polar surface area (TPSA) is 72.9 Å². The van der Waals surface area contributed by atoms with Crippen molar-refractivity contribution < 1.29 is 23.9 Å². The molecule has 6 heteroatoms. The lowest BCUT2D eigenvalue weighted by Gasteiger charge is -2.24. The SMILES string of the molecule is CC(=O)OCCN(CCOC(C)=O)c1ccc(C=O)cc1. The van der Waals surface area contributed by atoms with Crippen molar-refractivity contribution in [3.8, 4) is 0 Å². The number of hydrogen-bond donors (Lipinski definition) is 0. The van der Waals surface area contributed by atoms with Crippen LogP contribution in [-0.2, 0) is 19.1 Å². The molecule has 1 aromatic rings. The molecule has 0 N–H and O–H groups in total. The van der Waals surface area contributed by atoms with E-state index in [0.29, 0.717) is 18.7 Å². The van der Waals surface area contributed by atoms with Crippen molar-refractivity contribution in [2.45, 2.75) is 13.8 Å². The molecule has 0 spiro atoms. The van der Waals surface area contributed by atoms with Gasteiger partial charge in [0.2, 0.25) is 0 Å². The van der Waals surface area contributed by atoms with E-state index in [1.165, 1.54) is 13.8 Å². The van der Waals surface area contributed by atoms with Crippen LogP contribution in [0.1, 0.15) is 24.2 Å². The van der Waals surface area contributed by atoms with Crippen LogP contribution in [0.25, 0.3) is 0 Å². The monoisotopic (exact) mass is 293 g/mol. The van der Waals surface area contributed by atoms with Gasteiger partial charge in [-0.3, -0.25) is 14.4 Å². The summed E-state index contributed by atoms with van der Waals surface area (Å²) in [4.78, 5) is 34.2. The fourth-order valence-electron chi connectivity index (χ4n) is 1.73. The maximum Gasteiger partial charge on any atom is 0.302 e. The highest BCUT2D eigenvalue weighted by Gasteiger charge is 2.08. The van der Waals surface area contributed by atoms with Gasteiger partial charge in [-0.25, -0.2) is 0 Å². The maximum absolute atomic E-state index is 10.8. The van der Waals surface area contributed by atoms with Gasteiger partial charge in [0.25, 0.3) is 0 Å². The molecular formula is C15H19NO5. The molecule has 0 aliphatic rings. The number of anilines is 1. The fourth-order valence-corrected chi connectivity index (χ4v) is 1.73. The maximum atomic E-state index is 10.8. The molecule has 0 bridgehead atoms. The number of hydrogen-bond acceptors (Lipinski definition) is 6. The Morgan fingerprint density at radius 1 is 1.00 bits per heavy atom. The smallest absolute Gasteiger partial charge is 0.302 e. The van der Waals surface area contributed by atoms with Crippen LogP contribution in [-0.4, -0.2) is 44.5 Å². The highest BCUT2D eigenvalue weighted by Crippen LogP contribution is 2.14. The minimum absolute atomic E-state index is 0.241. The van der Waals surface area contributed by atoms with E-state index in [1.807, 2.05) is 4.90 Å². The third-order valence-corrected chi connectivity index (χ3v) is 2.73. The van der Waals surface area contributed by atoms with Gasteiger partial charge in [-0.1, -0.05) is 0 Å². The molecule has 0 atom stereocenters. The number of benzene rings is 1. The van der Waals surface area contributed by atoms with E-state index >= 15 is 0 Å². The van der Waals surface area contributed by atoms with Crippen molar-refractivity contribution in [3.63, 3.8) is 0 Å². The number of carbonyl (C=O) groups excluding carboxylic acids is 3. The highest BCUT2D eigenvalue weighted by molar-refractivity contribution is 5.75. The Balaban J connectivity index is 2.65. The van der Waals surface area contributed by atoms with Gasteiger partial charge in [-0.2, -0.15) is 0 Å². The molecule has 0 radical (unpaired) electrons. The first-order chi connectivity index (χ1) is 10.0. The summed E-state index contributed by atoms with van der Waals surface area (Å²) in [6.07, 6.45) is 0.770. The van der Waals surface area contributed by atoms with Crippen LogP contribution < -0.4 is 4.90 Å². The average molecular weight is 293 g/mol. The molecule has 0 fully saturated rings. The van der Waals surface area contributed by atoms with Crippen LogP contribution in [0.5, 0.6) is 0 Å². The lowest BCUT2D eigenvalue weighted by Crippen LogP contribution is -2.31. The van der Waals surface area contributed by atoms with Gasteiger partial charge in [0.1, 0.15) is 19.5 Å². The van der Waals surface area contributed by atoms with Crippen molar-refractivity contribution in [1.29, 1.82) is 0 Å². The summed E-state index contributed by atoms with van der Waals surface area (Å²) in [5, 5.41) is 0. The standard InChI is InChI=1S/C15H19NO5/c1-12(18)20-9-7-16(8-10-21-13(2)19)15-5-3-14(11-17)4-6-15/h3-6,11H,7-10H2,1-2H3. The minimum atomic E-state index is -0.341. The van der Waals surface area contributed by atoms with E-state index in [9.17, 15) is 14.4 Å². The lowest BCUT2D eigenvalue weighted by atomic mass is 10.2. The van der Waals surface area contributed by atoms with E-state index in [2.05, 4.69) is 0 Å². The van der Waals surface area contributed by atoms with Gasteiger partial charge in [-0.15, -0.1) is 0 Å². The van der Waals surface area contributed by atoms with Crippen LogP contribution in [0.3, 0.4) is 0 Å². The van der Waals surface area contributed by atoms with Gasteiger partial charge < -0.3 is 14.4 Å². The predicted octanol–water partition coefficient (Wildman–Crippen LogP) is 1.43. The first kappa shape index (κ1) is 16.7. The Morgan fingerprint density at radius 3 is 1.86 bits per heavy atom. The normalized spacial score (nSPS) is 9.81. The third-order valence-electron chi connectivity index (χ3n) is 2.73. The summed E-state index contributed by atoms with van der Waals surface area (Å²) in [5.41, 5.74) is 1.44. The first-order valence-corrected chi connectivity index (χ1v) is 6.60. The molecule has 0 aromatic heterocycles. The molecule has 0 aliphatic carbocycles. The number of esters is 2. The second kappa shape index (κ2) is 8.73. The summed E-state index contributed by atoms with van der Waals surface area (Å²) < 4.78 is 9.84. The second-order valence-corrected chi connectivity index (χ2v) is 4.38. The zero-order valence-electron chi connectivity index (χ0n) is 12.2. The summed E-state index contributed by atoms with van der Waals surface area (Å²) >= 11 is 0. The van der Waals surface area contributed by atoms with E-state index in [1.54, 1.807) is 24.3 Å². The molecule has 114 valence electrons. The minimum Gasteiger partial charge on any atom is -0.464 e. The molecular weight excluding hydrogens is 274 g/mol. The molecule has 21 heavy (non-hydrogen) atoms. The summed E-state index contributed by atoms with van der Waals surface area (Å²) in [6, 6.07) is 7.00. The van der Waals surface area contributed by atoms with Crippen molar-refractivity contribution in [1.82, 2.24) is 0 Å². The van der Waals surface area contributed by atoms with E-state index in [4.69, 9.17) is 9.47 Å². The largest absolute Gasteiger partial charge is 0.464 e. The first-order valence-electron chi connectivity index (χ1n) is 6.60. The van der Waals surface area contributed by atoms with Crippen LogP contribution in [0.2, 0.25) is 0 Å². The van der Waals surface area contributed by atoms with Crippen LogP contribution in [0, 0.1) is 0 Å². The Labute approximate surface area is 123 Å². The van der Waals surface area contributed by atoms with Crippen LogP contribution in [0.4, 0.5) is 5.69 Å². The predicted molar refractivity (Wildman–Crippen MR) is 77.3 cm³/mol. The Morgan fingerprint density at radius 2 is 1.48 bits per heavy atom. The number of carbonyl (C=O) groups is 3. The van der Waals surface area contributed by atoms with Crippen LogP contribution >= 0.6 is 0 Å². The van der Waals surface area contributed by atoms with E-state index in [-0.39, 0.29) is 25.2 Å². The lowest BCUT2D eigenvalue weighted by molar-refractivity contribution is -0.141. The zero-order valence-corrected chi connectivity index (χ0v) is 12.2. The molecule has 0 saturated carbocycles. The van der Waals surface area contributed by atoms with Gasteiger partial charge in [0.05, 0.1) is 13.1 Å². The Hall–Kier alpha value is -2.37. The zero-order chi connectivity index (χ0) is 15.7. The molecule has 0 unspecified atom stereocenters. The second-order valence-electron chi connectivity index (χ2n) is 4.38. The molecule has 1 rings (SSSR count). The van der Waals surface area contributed by atoms with Gasteiger partial charge in [0.15, 0.2) is 0 Å². The summed E-state index contributed by atoms with van der Waals surface area (Å²) in [5.74, 6) is -0.683. The summed E-state index contributed by atoms with van der Waals surface area (Å²) in [6.45, 7) is 4.13. The average Bonchev–Trinajstić information content (AvgIpc) is 2.45. The van der Waals surface area contributed by atoms with Crippen molar-refractivity contribution >= 4 is 23.9 Å². The number of ether oxygens (including phenoxy) is 2. The van der Waals surface area contributed by atoms with Gasteiger partial charge in [-0.05, 0) is 24.3 Å². The quantitative estimate of drug-likeness (QED) is 0.533. The van der Waals surface area contributed by atoms with E-state index < -0.39 is 0 Å².